The van der Waals surface area contributed by atoms with Gasteiger partial charge in [-0.1, -0.05) is 23.4 Å². The van der Waals surface area contributed by atoms with Crippen LogP contribution in [0.4, 0.5) is 5.69 Å². The molecule has 0 bridgehead atoms. The van der Waals surface area contributed by atoms with E-state index >= 15 is 0 Å². The van der Waals surface area contributed by atoms with Crippen molar-refractivity contribution < 1.29 is 9.53 Å². The summed E-state index contributed by atoms with van der Waals surface area (Å²) in [4.78, 5) is 12.9. The molecule has 126 valence electrons. The number of tetrazole rings is 1. The van der Waals surface area contributed by atoms with Crippen molar-refractivity contribution in [3.05, 3.63) is 35.7 Å². The topological polar surface area (TPSA) is 92.8 Å². The lowest BCUT2D eigenvalue weighted by molar-refractivity contribution is -0.124. The van der Waals surface area contributed by atoms with Crippen LogP contribution in [-0.4, -0.2) is 39.2 Å². The van der Waals surface area contributed by atoms with E-state index in [1.165, 1.54) is 0 Å². The third-order valence-corrected chi connectivity index (χ3v) is 4.81. The largest absolute Gasteiger partial charge is 0.377 e. The standard InChI is InChI=1S/C17H21N5O2/c23-17(16(11-7-8-11)14-6-3-9-24-14)18-13-5-2-1-4-12(13)10-15-19-21-22-20-15/h1-2,4-5,11,14,16H,3,6-10H2,(H,18,23)(H,19,20,21,22). The van der Waals surface area contributed by atoms with E-state index in [0.717, 1.165) is 43.5 Å². The molecule has 2 aromatic rings. The van der Waals surface area contributed by atoms with Gasteiger partial charge in [-0.25, -0.2) is 0 Å². The summed E-state index contributed by atoms with van der Waals surface area (Å²) in [6.07, 6.45) is 4.89. The quantitative estimate of drug-likeness (QED) is 0.846. The highest BCUT2D eigenvalue weighted by molar-refractivity contribution is 5.94. The summed E-state index contributed by atoms with van der Waals surface area (Å²) in [6.45, 7) is 0.773. The Hall–Kier alpha value is -2.28. The molecule has 2 heterocycles. The van der Waals surface area contributed by atoms with E-state index in [9.17, 15) is 4.79 Å². The van der Waals surface area contributed by atoms with Gasteiger partial charge in [-0.2, -0.15) is 5.21 Å². The zero-order chi connectivity index (χ0) is 16.4. The Balaban J connectivity index is 1.50. The van der Waals surface area contributed by atoms with Crippen LogP contribution >= 0.6 is 0 Å². The zero-order valence-corrected chi connectivity index (χ0v) is 13.4. The molecule has 1 amide bonds. The van der Waals surface area contributed by atoms with E-state index in [2.05, 4.69) is 25.9 Å². The lowest BCUT2D eigenvalue weighted by Gasteiger charge is -2.22. The predicted molar refractivity (Wildman–Crippen MR) is 87.2 cm³/mol. The molecule has 2 unspecified atom stereocenters. The molecule has 1 aliphatic carbocycles. The number of hydrogen-bond donors (Lipinski definition) is 2. The van der Waals surface area contributed by atoms with Gasteiger partial charge in [0.1, 0.15) is 0 Å². The van der Waals surface area contributed by atoms with E-state index in [0.29, 0.717) is 18.2 Å². The number of H-pyrrole nitrogens is 1. The van der Waals surface area contributed by atoms with Gasteiger partial charge in [-0.3, -0.25) is 4.79 Å². The average molecular weight is 327 g/mol. The maximum atomic E-state index is 12.9. The first kappa shape index (κ1) is 15.3. The highest BCUT2D eigenvalue weighted by Gasteiger charge is 2.43. The van der Waals surface area contributed by atoms with Crippen molar-refractivity contribution in [1.29, 1.82) is 0 Å². The first-order valence-electron chi connectivity index (χ1n) is 8.54. The average Bonchev–Trinajstić information content (AvgIpc) is 3.05. The lowest BCUT2D eigenvalue weighted by Crippen LogP contribution is -2.34. The minimum Gasteiger partial charge on any atom is -0.377 e. The minimum absolute atomic E-state index is 0.0364. The fraction of sp³-hybridized carbons (Fsp3) is 0.529. The molecule has 2 fully saturated rings. The number of anilines is 1. The Morgan fingerprint density at radius 3 is 2.92 bits per heavy atom. The summed E-state index contributed by atoms with van der Waals surface area (Å²) in [5.74, 6) is 1.11. The fourth-order valence-corrected chi connectivity index (χ4v) is 3.47. The molecule has 0 radical (unpaired) electrons. The van der Waals surface area contributed by atoms with Crippen molar-refractivity contribution >= 4 is 11.6 Å². The smallest absolute Gasteiger partial charge is 0.230 e. The summed E-state index contributed by atoms with van der Waals surface area (Å²) in [6, 6.07) is 7.77. The highest BCUT2D eigenvalue weighted by Crippen LogP contribution is 2.42. The van der Waals surface area contributed by atoms with Gasteiger partial charge in [-0.15, -0.1) is 10.2 Å². The van der Waals surface area contributed by atoms with Gasteiger partial charge in [0.2, 0.25) is 5.91 Å². The van der Waals surface area contributed by atoms with E-state index in [4.69, 9.17) is 4.74 Å². The van der Waals surface area contributed by atoms with E-state index in [1.807, 2.05) is 24.3 Å². The van der Waals surface area contributed by atoms with Crippen LogP contribution in [0.2, 0.25) is 0 Å². The molecular weight excluding hydrogens is 306 g/mol. The number of nitrogens with one attached hydrogen (secondary N) is 2. The molecule has 1 aromatic heterocycles. The van der Waals surface area contributed by atoms with Gasteiger partial charge in [0.15, 0.2) is 5.82 Å². The van der Waals surface area contributed by atoms with Crippen molar-refractivity contribution in [3.8, 4) is 0 Å². The Labute approximate surface area is 140 Å². The summed E-state index contributed by atoms with van der Waals surface area (Å²) >= 11 is 0. The monoisotopic (exact) mass is 327 g/mol. The summed E-state index contributed by atoms with van der Waals surface area (Å²) < 4.78 is 5.80. The van der Waals surface area contributed by atoms with E-state index in [-0.39, 0.29) is 17.9 Å². The van der Waals surface area contributed by atoms with Crippen molar-refractivity contribution in [1.82, 2.24) is 20.6 Å². The third-order valence-electron chi connectivity index (χ3n) is 4.81. The van der Waals surface area contributed by atoms with Gasteiger partial charge in [0.25, 0.3) is 0 Å². The van der Waals surface area contributed by atoms with Crippen molar-refractivity contribution in [3.63, 3.8) is 0 Å². The Morgan fingerprint density at radius 1 is 1.33 bits per heavy atom. The normalized spacial score (nSPS) is 21.6. The Bertz CT molecular complexity index is 693. The van der Waals surface area contributed by atoms with Crippen LogP contribution in [0.5, 0.6) is 0 Å². The number of aromatic amines is 1. The van der Waals surface area contributed by atoms with Crippen LogP contribution in [0.3, 0.4) is 0 Å². The zero-order valence-electron chi connectivity index (χ0n) is 13.4. The third kappa shape index (κ3) is 3.31. The molecule has 0 spiro atoms. The predicted octanol–water partition coefficient (Wildman–Crippen LogP) is 1.93. The number of hydrogen-bond acceptors (Lipinski definition) is 5. The van der Waals surface area contributed by atoms with E-state index in [1.54, 1.807) is 0 Å². The molecular formula is C17H21N5O2. The number of carbonyl (C=O) groups excluding carboxylic acids is 1. The highest BCUT2D eigenvalue weighted by atomic mass is 16.5. The van der Waals surface area contributed by atoms with Crippen LogP contribution in [0.25, 0.3) is 0 Å². The molecule has 4 rings (SSSR count). The molecule has 2 N–H and O–H groups in total. The number of aromatic nitrogens is 4. The number of rotatable bonds is 6. The van der Waals surface area contributed by atoms with Gasteiger partial charge < -0.3 is 10.1 Å². The minimum atomic E-state index is -0.0364. The first-order valence-corrected chi connectivity index (χ1v) is 8.54. The molecule has 24 heavy (non-hydrogen) atoms. The first-order chi connectivity index (χ1) is 11.8. The number of carbonyl (C=O) groups is 1. The number of benzene rings is 1. The summed E-state index contributed by atoms with van der Waals surface area (Å²) in [5.41, 5.74) is 1.80. The van der Waals surface area contributed by atoms with Crippen molar-refractivity contribution in [2.45, 2.75) is 38.2 Å². The van der Waals surface area contributed by atoms with Crippen molar-refractivity contribution in [2.75, 3.05) is 11.9 Å². The lowest BCUT2D eigenvalue weighted by atomic mass is 9.93. The summed E-state index contributed by atoms with van der Waals surface area (Å²) in [7, 11) is 0. The van der Waals surface area contributed by atoms with Crippen molar-refractivity contribution in [2.24, 2.45) is 11.8 Å². The molecule has 2 atom stereocenters. The molecule has 1 saturated heterocycles. The van der Waals surface area contributed by atoms with Crippen LogP contribution in [0, 0.1) is 11.8 Å². The SMILES string of the molecule is O=C(Nc1ccccc1Cc1nn[nH]n1)C(C1CC1)C1CCCO1. The van der Waals surface area contributed by atoms with Crippen LogP contribution in [0.1, 0.15) is 37.1 Å². The Kier molecular flexibility index (Phi) is 4.25. The van der Waals surface area contributed by atoms with E-state index < -0.39 is 0 Å². The molecule has 7 nitrogen and oxygen atoms in total. The fourth-order valence-electron chi connectivity index (χ4n) is 3.47. The molecule has 7 heteroatoms. The maximum absolute atomic E-state index is 12.9. The second kappa shape index (κ2) is 6.68. The van der Waals surface area contributed by atoms with Gasteiger partial charge in [-0.05, 0) is 43.2 Å². The van der Waals surface area contributed by atoms with Crippen LogP contribution in [-0.2, 0) is 16.0 Å². The maximum Gasteiger partial charge on any atom is 0.230 e. The summed E-state index contributed by atoms with van der Waals surface area (Å²) in [5, 5.41) is 17.1. The van der Waals surface area contributed by atoms with Gasteiger partial charge in [0.05, 0.1) is 12.0 Å². The second-order valence-electron chi connectivity index (χ2n) is 6.57. The second-order valence-corrected chi connectivity index (χ2v) is 6.57. The molecule has 1 aromatic carbocycles. The number of ether oxygens (including phenoxy) is 1. The molecule has 1 saturated carbocycles. The molecule has 1 aliphatic heterocycles. The van der Waals surface area contributed by atoms with Gasteiger partial charge in [0, 0.05) is 18.7 Å². The number of amides is 1. The number of para-hydroxylation sites is 1. The number of nitrogens with zero attached hydrogens (tertiary/aromatic N) is 3. The van der Waals surface area contributed by atoms with Crippen LogP contribution < -0.4 is 5.32 Å². The molecule has 2 aliphatic rings. The van der Waals surface area contributed by atoms with Crippen LogP contribution in [0.15, 0.2) is 24.3 Å². The Morgan fingerprint density at radius 2 is 2.21 bits per heavy atom. The van der Waals surface area contributed by atoms with Gasteiger partial charge >= 0.3 is 0 Å².